The summed E-state index contributed by atoms with van der Waals surface area (Å²) in [4.78, 5) is 8.35. The van der Waals surface area contributed by atoms with Crippen LogP contribution in [-0.4, -0.2) is 12.4 Å². The molecule has 2 heteroatoms. The van der Waals surface area contributed by atoms with Gasteiger partial charge >= 0.3 is 0 Å². The van der Waals surface area contributed by atoms with E-state index in [1.807, 2.05) is 26.3 Å². The fraction of sp³-hybridized carbons (Fsp3) is 0.250. The van der Waals surface area contributed by atoms with Crippen LogP contribution in [0.1, 0.15) is 13.8 Å². The van der Waals surface area contributed by atoms with Gasteiger partial charge in [0.2, 0.25) is 0 Å². The van der Waals surface area contributed by atoms with Crippen LogP contribution in [0.4, 0.5) is 0 Å². The van der Waals surface area contributed by atoms with E-state index in [0.717, 1.165) is 11.4 Å². The van der Waals surface area contributed by atoms with Gasteiger partial charge in [0.1, 0.15) is 0 Å². The Morgan fingerprint density at radius 2 is 1.30 bits per heavy atom. The molecule has 0 aliphatic carbocycles. The minimum atomic E-state index is 1.08. The van der Waals surface area contributed by atoms with Crippen molar-refractivity contribution in [1.29, 1.82) is 0 Å². The van der Waals surface area contributed by atoms with Crippen molar-refractivity contribution >= 4 is 12.4 Å². The van der Waals surface area contributed by atoms with Gasteiger partial charge < -0.3 is 0 Å². The lowest BCUT2D eigenvalue weighted by Gasteiger charge is -1.88. The Labute approximate surface area is 59.7 Å². The molecule has 0 amide bonds. The fourth-order valence-electron chi connectivity index (χ4n) is 1.18. The zero-order valence-corrected chi connectivity index (χ0v) is 6.05. The van der Waals surface area contributed by atoms with Gasteiger partial charge in [0.15, 0.2) is 0 Å². The maximum absolute atomic E-state index is 4.18. The SMILES string of the molecule is CC1=C2C=NC(C)=C2C=N1. The molecule has 0 aromatic rings. The van der Waals surface area contributed by atoms with Crippen molar-refractivity contribution in [2.24, 2.45) is 9.98 Å². The third-order valence-corrected chi connectivity index (χ3v) is 1.84. The Morgan fingerprint density at radius 1 is 0.900 bits per heavy atom. The molecule has 0 saturated heterocycles. The standard InChI is InChI=1S/C8H8N2/c1-5-7-3-10-6(2)8(7)4-9-5/h3-4H,1-2H3. The normalized spacial score (nSPS) is 21.4. The summed E-state index contributed by atoms with van der Waals surface area (Å²) in [6.07, 6.45) is 3.76. The highest BCUT2D eigenvalue weighted by Crippen LogP contribution is 2.26. The predicted molar refractivity (Wildman–Crippen MR) is 42.4 cm³/mol. The third-order valence-electron chi connectivity index (χ3n) is 1.84. The average Bonchev–Trinajstić information content (AvgIpc) is 2.41. The lowest BCUT2D eigenvalue weighted by atomic mass is 10.1. The zero-order valence-electron chi connectivity index (χ0n) is 6.05. The second-order valence-corrected chi connectivity index (χ2v) is 2.51. The molecule has 0 bridgehead atoms. The first-order valence-electron chi connectivity index (χ1n) is 3.29. The van der Waals surface area contributed by atoms with E-state index in [-0.39, 0.29) is 0 Å². The molecule has 0 atom stereocenters. The Kier molecular flexibility index (Phi) is 0.926. The first-order chi connectivity index (χ1) is 4.79. The summed E-state index contributed by atoms with van der Waals surface area (Å²) in [6.45, 7) is 4.01. The third kappa shape index (κ3) is 0.533. The molecule has 0 saturated carbocycles. The van der Waals surface area contributed by atoms with Crippen molar-refractivity contribution in [2.75, 3.05) is 0 Å². The van der Waals surface area contributed by atoms with E-state index < -0.39 is 0 Å². The van der Waals surface area contributed by atoms with E-state index in [0.29, 0.717) is 0 Å². The highest BCUT2D eigenvalue weighted by atomic mass is 14.8. The molecule has 0 radical (unpaired) electrons. The first kappa shape index (κ1) is 5.59. The van der Waals surface area contributed by atoms with Crippen LogP contribution in [0.15, 0.2) is 32.5 Å². The van der Waals surface area contributed by atoms with Crippen LogP contribution in [0.2, 0.25) is 0 Å². The van der Waals surface area contributed by atoms with Gasteiger partial charge in [0, 0.05) is 35.0 Å². The van der Waals surface area contributed by atoms with Crippen molar-refractivity contribution < 1.29 is 0 Å². The van der Waals surface area contributed by atoms with Gasteiger partial charge in [-0.2, -0.15) is 0 Å². The number of hydrogen-bond acceptors (Lipinski definition) is 2. The summed E-state index contributed by atoms with van der Waals surface area (Å²) >= 11 is 0. The smallest absolute Gasteiger partial charge is 0.0467 e. The second-order valence-electron chi connectivity index (χ2n) is 2.51. The molecule has 0 N–H and O–H groups in total. The fourth-order valence-corrected chi connectivity index (χ4v) is 1.18. The van der Waals surface area contributed by atoms with Crippen molar-refractivity contribution in [2.45, 2.75) is 13.8 Å². The first-order valence-corrected chi connectivity index (χ1v) is 3.29. The maximum Gasteiger partial charge on any atom is 0.0467 e. The van der Waals surface area contributed by atoms with E-state index >= 15 is 0 Å². The molecule has 0 spiro atoms. The second kappa shape index (κ2) is 1.66. The molecule has 0 unspecified atom stereocenters. The van der Waals surface area contributed by atoms with E-state index in [9.17, 15) is 0 Å². The Morgan fingerprint density at radius 3 is 1.70 bits per heavy atom. The minimum absolute atomic E-state index is 1.08. The van der Waals surface area contributed by atoms with Gasteiger partial charge in [-0.3, -0.25) is 9.98 Å². The largest absolute Gasteiger partial charge is 0.260 e. The highest BCUT2D eigenvalue weighted by molar-refractivity contribution is 6.06. The number of hydrogen-bond donors (Lipinski definition) is 0. The topological polar surface area (TPSA) is 24.7 Å². The van der Waals surface area contributed by atoms with E-state index in [4.69, 9.17) is 0 Å². The predicted octanol–water partition coefficient (Wildman–Crippen LogP) is 1.70. The van der Waals surface area contributed by atoms with Crippen molar-refractivity contribution in [1.82, 2.24) is 0 Å². The van der Waals surface area contributed by atoms with Crippen LogP contribution >= 0.6 is 0 Å². The number of aliphatic imine (C=N–C) groups is 2. The lowest BCUT2D eigenvalue weighted by Crippen LogP contribution is -1.83. The van der Waals surface area contributed by atoms with Gasteiger partial charge in [0.05, 0.1) is 0 Å². The quantitative estimate of drug-likeness (QED) is 0.479. The van der Waals surface area contributed by atoms with Crippen LogP contribution in [0, 0.1) is 0 Å². The molecule has 2 heterocycles. The monoisotopic (exact) mass is 132 g/mol. The number of fused-ring (bicyclic) bond motifs is 1. The van der Waals surface area contributed by atoms with Crippen LogP contribution < -0.4 is 0 Å². The molecule has 2 aliphatic heterocycles. The molecular formula is C8H8N2. The minimum Gasteiger partial charge on any atom is -0.260 e. The average molecular weight is 132 g/mol. The lowest BCUT2D eigenvalue weighted by molar-refractivity contribution is 1.33. The van der Waals surface area contributed by atoms with Gasteiger partial charge in [0.25, 0.3) is 0 Å². The van der Waals surface area contributed by atoms with Crippen LogP contribution in [0.5, 0.6) is 0 Å². The van der Waals surface area contributed by atoms with Crippen LogP contribution in [0.3, 0.4) is 0 Å². The van der Waals surface area contributed by atoms with Gasteiger partial charge in [-0.05, 0) is 13.8 Å². The number of nitrogens with zero attached hydrogens (tertiary/aromatic N) is 2. The Hall–Kier alpha value is -1.18. The maximum atomic E-state index is 4.18. The van der Waals surface area contributed by atoms with E-state index in [1.165, 1.54) is 11.1 Å². The summed E-state index contributed by atoms with van der Waals surface area (Å²) in [7, 11) is 0. The molecule has 0 aromatic heterocycles. The molecule has 2 nitrogen and oxygen atoms in total. The van der Waals surface area contributed by atoms with E-state index in [1.54, 1.807) is 0 Å². The molecule has 10 heavy (non-hydrogen) atoms. The summed E-state index contributed by atoms with van der Waals surface area (Å²) < 4.78 is 0. The Balaban J connectivity index is 2.64. The van der Waals surface area contributed by atoms with Gasteiger partial charge in [-0.15, -0.1) is 0 Å². The van der Waals surface area contributed by atoms with Crippen molar-refractivity contribution in [3.05, 3.63) is 22.5 Å². The zero-order chi connectivity index (χ0) is 7.14. The summed E-state index contributed by atoms with van der Waals surface area (Å²) in [6, 6.07) is 0. The highest BCUT2D eigenvalue weighted by Gasteiger charge is 2.17. The summed E-state index contributed by atoms with van der Waals surface area (Å²) in [5, 5.41) is 0. The van der Waals surface area contributed by atoms with Gasteiger partial charge in [-0.1, -0.05) is 0 Å². The summed E-state index contributed by atoms with van der Waals surface area (Å²) in [5.41, 5.74) is 4.54. The molecule has 2 aliphatic rings. The van der Waals surface area contributed by atoms with Crippen LogP contribution in [0.25, 0.3) is 0 Å². The number of allylic oxidation sites excluding steroid dienone is 4. The molecular weight excluding hydrogens is 124 g/mol. The molecule has 50 valence electrons. The Bertz CT molecular complexity index is 271. The van der Waals surface area contributed by atoms with Crippen molar-refractivity contribution in [3.8, 4) is 0 Å². The molecule has 0 aromatic carbocycles. The van der Waals surface area contributed by atoms with Crippen LogP contribution in [-0.2, 0) is 0 Å². The number of rotatable bonds is 0. The van der Waals surface area contributed by atoms with Gasteiger partial charge in [-0.25, -0.2) is 0 Å². The van der Waals surface area contributed by atoms with Crippen molar-refractivity contribution in [3.63, 3.8) is 0 Å². The molecule has 2 rings (SSSR count). The van der Waals surface area contributed by atoms with E-state index in [2.05, 4.69) is 9.98 Å². The molecule has 0 fully saturated rings. The summed E-state index contributed by atoms with van der Waals surface area (Å²) in [5.74, 6) is 0.